The summed E-state index contributed by atoms with van der Waals surface area (Å²) in [5, 5.41) is 2.98. The van der Waals surface area contributed by atoms with Crippen LogP contribution in [0.5, 0.6) is 0 Å². The second kappa shape index (κ2) is 6.22. The number of benzene rings is 1. The normalized spacial score (nSPS) is 19.7. The lowest BCUT2D eigenvalue weighted by Crippen LogP contribution is -2.46. The summed E-state index contributed by atoms with van der Waals surface area (Å²) in [5.41, 5.74) is 0.861. The van der Waals surface area contributed by atoms with Gasteiger partial charge in [0, 0.05) is 32.2 Å². The molecule has 1 fully saturated rings. The molecular weight excluding hydrogens is 257 g/mol. The van der Waals surface area contributed by atoms with E-state index < -0.39 is 0 Å². The van der Waals surface area contributed by atoms with Crippen molar-refractivity contribution in [2.45, 2.75) is 18.9 Å². The van der Waals surface area contributed by atoms with E-state index in [1.54, 1.807) is 31.1 Å². The third-order valence-corrected chi connectivity index (χ3v) is 3.65. The molecule has 1 aliphatic rings. The molecule has 1 aromatic rings. The largest absolute Gasteiger partial charge is 0.375 e. The fourth-order valence-corrected chi connectivity index (χ4v) is 2.56. The van der Waals surface area contributed by atoms with Crippen LogP contribution in [0.15, 0.2) is 18.2 Å². The Morgan fingerprint density at radius 1 is 1.45 bits per heavy atom. The highest BCUT2D eigenvalue weighted by atomic mass is 19.1. The van der Waals surface area contributed by atoms with E-state index in [2.05, 4.69) is 10.2 Å². The number of nitrogens with one attached hydrogen (secondary N) is 1. The predicted molar refractivity (Wildman–Crippen MR) is 78.7 cm³/mol. The minimum absolute atomic E-state index is 0.151. The molecule has 1 saturated heterocycles. The maximum Gasteiger partial charge on any atom is 0.251 e. The van der Waals surface area contributed by atoms with Crippen LogP contribution in [0.1, 0.15) is 23.2 Å². The fourth-order valence-electron chi connectivity index (χ4n) is 2.56. The molecule has 1 amide bonds. The first-order chi connectivity index (χ1) is 9.47. The molecule has 0 unspecified atom stereocenters. The molecule has 5 heteroatoms. The lowest BCUT2D eigenvalue weighted by atomic mass is 10.1. The summed E-state index contributed by atoms with van der Waals surface area (Å²) in [6, 6.07) is 4.76. The summed E-state index contributed by atoms with van der Waals surface area (Å²) >= 11 is 0. The second-order valence-electron chi connectivity index (χ2n) is 5.64. The van der Waals surface area contributed by atoms with Gasteiger partial charge in [-0.05, 0) is 44.6 Å². The Kier molecular flexibility index (Phi) is 4.60. The van der Waals surface area contributed by atoms with Crippen molar-refractivity contribution < 1.29 is 9.18 Å². The van der Waals surface area contributed by atoms with Gasteiger partial charge in [0.05, 0.1) is 5.69 Å². The van der Waals surface area contributed by atoms with Crippen LogP contribution in [0.4, 0.5) is 10.1 Å². The van der Waals surface area contributed by atoms with E-state index in [1.165, 1.54) is 6.07 Å². The van der Waals surface area contributed by atoms with E-state index in [4.69, 9.17) is 0 Å². The molecule has 1 aliphatic heterocycles. The van der Waals surface area contributed by atoms with Gasteiger partial charge >= 0.3 is 0 Å². The van der Waals surface area contributed by atoms with Gasteiger partial charge in [0.15, 0.2) is 0 Å². The van der Waals surface area contributed by atoms with Gasteiger partial charge in [0.2, 0.25) is 0 Å². The molecular formula is C15H22FN3O. The van der Waals surface area contributed by atoms with Crippen molar-refractivity contribution in [3.05, 3.63) is 29.6 Å². The second-order valence-corrected chi connectivity index (χ2v) is 5.64. The van der Waals surface area contributed by atoms with Crippen molar-refractivity contribution in [1.82, 2.24) is 10.2 Å². The zero-order valence-electron chi connectivity index (χ0n) is 12.3. The summed E-state index contributed by atoms with van der Waals surface area (Å²) in [6.45, 7) is 1.92. The molecule has 20 heavy (non-hydrogen) atoms. The molecule has 0 spiro atoms. The van der Waals surface area contributed by atoms with Gasteiger partial charge in [0.25, 0.3) is 5.91 Å². The van der Waals surface area contributed by atoms with Crippen LogP contribution in [0, 0.1) is 5.82 Å². The average Bonchev–Trinajstić information content (AvgIpc) is 2.38. The van der Waals surface area contributed by atoms with Crippen LogP contribution in [0.2, 0.25) is 0 Å². The van der Waals surface area contributed by atoms with Gasteiger partial charge in [-0.1, -0.05) is 0 Å². The van der Waals surface area contributed by atoms with Crippen LogP contribution >= 0.6 is 0 Å². The predicted octanol–water partition coefficient (Wildman–Crippen LogP) is 1.72. The van der Waals surface area contributed by atoms with Crippen molar-refractivity contribution in [2.24, 2.45) is 0 Å². The average molecular weight is 279 g/mol. The van der Waals surface area contributed by atoms with E-state index in [-0.39, 0.29) is 17.8 Å². The van der Waals surface area contributed by atoms with Gasteiger partial charge in [-0.15, -0.1) is 0 Å². The van der Waals surface area contributed by atoms with E-state index in [0.29, 0.717) is 11.3 Å². The number of rotatable bonds is 3. The molecule has 1 N–H and O–H groups in total. The van der Waals surface area contributed by atoms with Crippen LogP contribution in [0.25, 0.3) is 0 Å². The molecule has 0 saturated carbocycles. The Hall–Kier alpha value is -1.62. The maximum atomic E-state index is 13.9. The Labute approximate surface area is 119 Å². The number of hydrogen-bond donors (Lipinski definition) is 1. The van der Waals surface area contributed by atoms with Crippen LogP contribution in [-0.2, 0) is 0 Å². The third-order valence-electron chi connectivity index (χ3n) is 3.65. The van der Waals surface area contributed by atoms with E-state index in [1.807, 2.05) is 7.05 Å². The topological polar surface area (TPSA) is 35.6 Å². The summed E-state index contributed by atoms with van der Waals surface area (Å²) in [7, 11) is 5.59. The van der Waals surface area contributed by atoms with Crippen LogP contribution in [0.3, 0.4) is 0 Å². The number of likely N-dealkylation sites (N-methyl/N-ethyl adjacent to an activating group) is 1. The Balaban J connectivity index is 2.04. The van der Waals surface area contributed by atoms with Crippen molar-refractivity contribution in [3.8, 4) is 0 Å². The lowest BCUT2D eigenvalue weighted by Gasteiger charge is -2.30. The van der Waals surface area contributed by atoms with Gasteiger partial charge < -0.3 is 15.1 Å². The van der Waals surface area contributed by atoms with Gasteiger partial charge in [-0.2, -0.15) is 0 Å². The molecule has 1 heterocycles. The first-order valence-electron chi connectivity index (χ1n) is 6.93. The van der Waals surface area contributed by atoms with Gasteiger partial charge in [0.1, 0.15) is 5.82 Å². The van der Waals surface area contributed by atoms with Crippen molar-refractivity contribution in [1.29, 1.82) is 0 Å². The minimum Gasteiger partial charge on any atom is -0.375 e. The summed E-state index contributed by atoms with van der Waals surface area (Å²) in [6.07, 6.45) is 2.06. The summed E-state index contributed by atoms with van der Waals surface area (Å²) < 4.78 is 13.9. The Bertz CT molecular complexity index is 490. The highest BCUT2D eigenvalue weighted by Gasteiger charge is 2.20. The fraction of sp³-hybridized carbons (Fsp3) is 0.533. The number of anilines is 1. The van der Waals surface area contributed by atoms with E-state index in [9.17, 15) is 9.18 Å². The minimum atomic E-state index is -0.372. The standard InChI is InChI=1S/C15H22FN3O/c1-18(2)14-7-6-11(9-13(14)16)15(20)17-12-5-4-8-19(3)10-12/h6-7,9,12H,4-5,8,10H2,1-3H3,(H,17,20)/t12-/m1/s1. The third kappa shape index (κ3) is 3.48. The summed E-state index contributed by atoms with van der Waals surface area (Å²) in [4.78, 5) is 16.0. The molecule has 2 rings (SSSR count). The molecule has 0 aliphatic carbocycles. The number of carbonyl (C=O) groups is 1. The first-order valence-corrected chi connectivity index (χ1v) is 6.93. The smallest absolute Gasteiger partial charge is 0.251 e. The van der Waals surface area contributed by atoms with Crippen molar-refractivity contribution in [3.63, 3.8) is 0 Å². The van der Waals surface area contributed by atoms with Gasteiger partial charge in [-0.3, -0.25) is 4.79 Å². The molecule has 110 valence electrons. The maximum absolute atomic E-state index is 13.9. The number of hydrogen-bond acceptors (Lipinski definition) is 3. The monoisotopic (exact) mass is 279 g/mol. The molecule has 0 bridgehead atoms. The molecule has 0 aromatic heterocycles. The highest BCUT2D eigenvalue weighted by Crippen LogP contribution is 2.18. The zero-order chi connectivity index (χ0) is 14.7. The number of likely N-dealkylation sites (tertiary alicyclic amines) is 1. The number of carbonyl (C=O) groups excluding carboxylic acids is 1. The zero-order valence-corrected chi connectivity index (χ0v) is 12.3. The number of halogens is 1. The number of piperidine rings is 1. The van der Waals surface area contributed by atoms with Crippen LogP contribution < -0.4 is 10.2 Å². The summed E-state index contributed by atoms with van der Waals surface area (Å²) in [5.74, 6) is -0.571. The van der Waals surface area contributed by atoms with Crippen LogP contribution in [-0.4, -0.2) is 51.1 Å². The van der Waals surface area contributed by atoms with Crippen molar-refractivity contribution in [2.75, 3.05) is 39.1 Å². The first kappa shape index (κ1) is 14.8. The number of nitrogens with zero attached hydrogens (tertiary/aromatic N) is 2. The van der Waals surface area contributed by atoms with Crippen molar-refractivity contribution >= 4 is 11.6 Å². The van der Waals surface area contributed by atoms with E-state index >= 15 is 0 Å². The van der Waals surface area contributed by atoms with E-state index in [0.717, 1.165) is 25.9 Å². The molecule has 0 radical (unpaired) electrons. The Morgan fingerprint density at radius 2 is 2.20 bits per heavy atom. The SMILES string of the molecule is CN1CCC[C@@H](NC(=O)c2ccc(N(C)C)c(F)c2)C1. The lowest BCUT2D eigenvalue weighted by molar-refractivity contribution is 0.0912. The van der Waals surface area contributed by atoms with Gasteiger partial charge in [-0.25, -0.2) is 4.39 Å². The number of amides is 1. The quantitative estimate of drug-likeness (QED) is 0.915. The Morgan fingerprint density at radius 3 is 2.80 bits per heavy atom. The molecule has 1 aromatic carbocycles. The highest BCUT2D eigenvalue weighted by molar-refractivity contribution is 5.94. The molecule has 1 atom stereocenters. The molecule has 4 nitrogen and oxygen atoms in total.